The molecule has 34 heavy (non-hydrogen) atoms. The second-order valence-corrected chi connectivity index (χ2v) is 10.4. The molecule has 8 heteroatoms. The molecule has 3 aromatic rings. The number of amides is 1. The van der Waals surface area contributed by atoms with Gasteiger partial charge in [-0.1, -0.05) is 36.4 Å². The SMILES string of the molecule is CC(NC(=O)c1cccc(S(=O)(=O)N2CCc3ccccc3C2)c1)c1ccc2c(c1)OCCO2. The van der Waals surface area contributed by atoms with Crippen LogP contribution in [-0.2, 0) is 23.0 Å². The standard InChI is InChI=1S/C26H26N2O5S/c1-18(20-9-10-24-25(16-20)33-14-13-32-24)27-26(29)21-7-4-8-23(15-21)34(30,31)28-12-11-19-5-2-3-6-22(19)17-28/h2-10,15-16,18H,11-14,17H2,1H3,(H,27,29). The minimum atomic E-state index is -3.73. The Balaban J connectivity index is 1.32. The molecule has 0 aliphatic carbocycles. The van der Waals surface area contributed by atoms with Crippen molar-refractivity contribution >= 4 is 15.9 Å². The van der Waals surface area contributed by atoms with Crippen LogP contribution in [0.15, 0.2) is 71.6 Å². The zero-order chi connectivity index (χ0) is 23.7. The van der Waals surface area contributed by atoms with Gasteiger partial charge in [-0.15, -0.1) is 0 Å². The van der Waals surface area contributed by atoms with E-state index >= 15 is 0 Å². The molecular formula is C26H26N2O5S. The van der Waals surface area contributed by atoms with Crippen LogP contribution in [0.25, 0.3) is 0 Å². The van der Waals surface area contributed by atoms with Gasteiger partial charge in [0.2, 0.25) is 10.0 Å². The molecule has 0 fully saturated rings. The monoisotopic (exact) mass is 478 g/mol. The molecule has 1 N–H and O–H groups in total. The van der Waals surface area contributed by atoms with Gasteiger partial charge in [0, 0.05) is 18.7 Å². The number of sulfonamides is 1. The van der Waals surface area contributed by atoms with E-state index in [1.165, 1.54) is 22.0 Å². The first kappa shape index (κ1) is 22.4. The Labute approximate surface area is 199 Å². The first-order valence-corrected chi connectivity index (χ1v) is 12.7. The van der Waals surface area contributed by atoms with Gasteiger partial charge in [0.05, 0.1) is 10.9 Å². The molecule has 1 amide bonds. The lowest BCUT2D eigenvalue weighted by Gasteiger charge is -2.28. The summed E-state index contributed by atoms with van der Waals surface area (Å²) in [5.41, 5.74) is 3.35. The van der Waals surface area contributed by atoms with Gasteiger partial charge in [-0.3, -0.25) is 4.79 Å². The van der Waals surface area contributed by atoms with Crippen LogP contribution >= 0.6 is 0 Å². The normalized spacial score (nSPS) is 16.4. The van der Waals surface area contributed by atoms with Gasteiger partial charge < -0.3 is 14.8 Å². The van der Waals surface area contributed by atoms with Gasteiger partial charge in [-0.25, -0.2) is 8.42 Å². The minimum absolute atomic E-state index is 0.117. The number of nitrogens with one attached hydrogen (secondary N) is 1. The summed E-state index contributed by atoms with van der Waals surface area (Å²) >= 11 is 0. The molecular weight excluding hydrogens is 452 g/mol. The van der Waals surface area contributed by atoms with Crippen LogP contribution in [0.2, 0.25) is 0 Å². The molecule has 7 nitrogen and oxygen atoms in total. The van der Waals surface area contributed by atoms with Crippen LogP contribution in [0.4, 0.5) is 0 Å². The molecule has 0 saturated heterocycles. The van der Waals surface area contributed by atoms with Crippen LogP contribution < -0.4 is 14.8 Å². The number of carbonyl (C=O) groups is 1. The predicted octanol–water partition coefficient (Wildman–Crippen LogP) is 3.70. The Morgan fingerprint density at radius 2 is 1.71 bits per heavy atom. The van der Waals surface area contributed by atoms with Gasteiger partial charge in [-0.2, -0.15) is 4.31 Å². The number of benzene rings is 3. The van der Waals surface area contributed by atoms with E-state index < -0.39 is 10.0 Å². The molecule has 176 valence electrons. The fraction of sp³-hybridized carbons (Fsp3) is 0.269. The van der Waals surface area contributed by atoms with Crippen molar-refractivity contribution in [1.82, 2.24) is 9.62 Å². The lowest BCUT2D eigenvalue weighted by atomic mass is 10.0. The third-order valence-electron chi connectivity index (χ3n) is 6.24. The zero-order valence-electron chi connectivity index (χ0n) is 18.9. The smallest absolute Gasteiger partial charge is 0.251 e. The largest absolute Gasteiger partial charge is 0.486 e. The molecule has 3 aromatic carbocycles. The molecule has 1 unspecified atom stereocenters. The van der Waals surface area contributed by atoms with E-state index in [9.17, 15) is 13.2 Å². The summed E-state index contributed by atoms with van der Waals surface area (Å²) in [5.74, 6) is 0.997. The number of carbonyl (C=O) groups excluding carboxylic acids is 1. The van der Waals surface area contributed by atoms with Crippen molar-refractivity contribution in [3.63, 3.8) is 0 Å². The van der Waals surface area contributed by atoms with Crippen molar-refractivity contribution in [3.05, 3.63) is 89.0 Å². The highest BCUT2D eigenvalue weighted by atomic mass is 32.2. The number of ether oxygens (including phenoxy) is 2. The Morgan fingerprint density at radius 3 is 2.53 bits per heavy atom. The maximum absolute atomic E-state index is 13.3. The molecule has 0 radical (unpaired) electrons. The quantitative estimate of drug-likeness (QED) is 0.605. The Bertz CT molecular complexity index is 1340. The summed E-state index contributed by atoms with van der Waals surface area (Å²) in [7, 11) is -3.73. The number of fused-ring (bicyclic) bond motifs is 2. The van der Waals surface area contributed by atoms with Gasteiger partial charge in [-0.05, 0) is 60.4 Å². The van der Waals surface area contributed by atoms with Crippen LogP contribution in [-0.4, -0.2) is 38.4 Å². The lowest BCUT2D eigenvalue weighted by molar-refractivity contribution is 0.0939. The fourth-order valence-corrected chi connectivity index (χ4v) is 5.78. The average molecular weight is 479 g/mol. The first-order chi connectivity index (χ1) is 16.4. The zero-order valence-corrected chi connectivity index (χ0v) is 19.7. The van der Waals surface area contributed by atoms with Crippen molar-refractivity contribution in [2.24, 2.45) is 0 Å². The molecule has 2 heterocycles. The number of rotatable bonds is 5. The minimum Gasteiger partial charge on any atom is -0.486 e. The van der Waals surface area contributed by atoms with Gasteiger partial charge in [0.15, 0.2) is 11.5 Å². The fourth-order valence-electron chi connectivity index (χ4n) is 4.31. The number of nitrogens with zero attached hydrogens (tertiary/aromatic N) is 1. The van der Waals surface area contributed by atoms with Gasteiger partial charge in [0.25, 0.3) is 5.91 Å². The Kier molecular flexibility index (Phi) is 6.02. The summed E-state index contributed by atoms with van der Waals surface area (Å²) in [6.45, 7) is 3.62. The van der Waals surface area contributed by atoms with Crippen molar-refractivity contribution in [1.29, 1.82) is 0 Å². The summed E-state index contributed by atoms with van der Waals surface area (Å²) in [6, 6.07) is 19.4. The van der Waals surface area contributed by atoms with E-state index in [0.717, 1.165) is 11.1 Å². The van der Waals surface area contributed by atoms with Crippen molar-refractivity contribution in [2.75, 3.05) is 19.8 Å². The van der Waals surface area contributed by atoms with Crippen LogP contribution in [0.1, 0.15) is 40.0 Å². The van der Waals surface area contributed by atoms with Crippen molar-refractivity contribution < 1.29 is 22.7 Å². The maximum atomic E-state index is 13.3. The van der Waals surface area contributed by atoms with Crippen molar-refractivity contribution in [3.8, 4) is 11.5 Å². The van der Waals surface area contributed by atoms with Crippen molar-refractivity contribution in [2.45, 2.75) is 30.8 Å². The van der Waals surface area contributed by atoms with E-state index in [2.05, 4.69) is 5.32 Å². The maximum Gasteiger partial charge on any atom is 0.251 e. The van der Waals surface area contributed by atoms with E-state index in [0.29, 0.717) is 49.8 Å². The summed E-state index contributed by atoms with van der Waals surface area (Å²) in [4.78, 5) is 13.1. The number of hydrogen-bond donors (Lipinski definition) is 1. The molecule has 0 spiro atoms. The number of hydrogen-bond acceptors (Lipinski definition) is 5. The second-order valence-electron chi connectivity index (χ2n) is 8.48. The van der Waals surface area contributed by atoms with E-state index in [4.69, 9.17) is 9.47 Å². The topological polar surface area (TPSA) is 84.9 Å². The lowest BCUT2D eigenvalue weighted by Crippen LogP contribution is -2.36. The van der Waals surface area contributed by atoms with Gasteiger partial charge in [0.1, 0.15) is 13.2 Å². The predicted molar refractivity (Wildman–Crippen MR) is 127 cm³/mol. The van der Waals surface area contributed by atoms with E-state index in [-0.39, 0.29) is 16.8 Å². The van der Waals surface area contributed by atoms with Crippen LogP contribution in [0, 0.1) is 0 Å². The molecule has 0 aromatic heterocycles. The molecule has 2 aliphatic rings. The van der Waals surface area contributed by atoms with Gasteiger partial charge >= 0.3 is 0 Å². The molecule has 5 rings (SSSR count). The van der Waals surface area contributed by atoms with E-state index in [1.807, 2.05) is 49.4 Å². The Hall–Kier alpha value is -3.36. The molecule has 0 saturated carbocycles. The summed E-state index contributed by atoms with van der Waals surface area (Å²) < 4.78 is 39.3. The second kappa shape index (κ2) is 9.12. The Morgan fingerprint density at radius 1 is 0.941 bits per heavy atom. The molecule has 0 bridgehead atoms. The summed E-state index contributed by atoms with van der Waals surface area (Å²) in [5, 5.41) is 2.95. The highest BCUT2D eigenvalue weighted by Crippen LogP contribution is 2.32. The first-order valence-electron chi connectivity index (χ1n) is 11.3. The molecule has 2 aliphatic heterocycles. The highest BCUT2D eigenvalue weighted by molar-refractivity contribution is 7.89. The third kappa shape index (κ3) is 4.38. The molecule has 1 atom stereocenters. The third-order valence-corrected chi connectivity index (χ3v) is 8.08. The van der Waals surface area contributed by atoms with Crippen LogP contribution in [0.3, 0.4) is 0 Å². The average Bonchev–Trinajstić information content (AvgIpc) is 2.88. The van der Waals surface area contributed by atoms with Crippen LogP contribution in [0.5, 0.6) is 11.5 Å². The van der Waals surface area contributed by atoms with E-state index in [1.54, 1.807) is 12.1 Å². The highest BCUT2D eigenvalue weighted by Gasteiger charge is 2.29. The summed E-state index contributed by atoms with van der Waals surface area (Å²) in [6.07, 6.45) is 0.669.